The van der Waals surface area contributed by atoms with Crippen LogP contribution in [0.3, 0.4) is 0 Å². The van der Waals surface area contributed by atoms with Crippen molar-refractivity contribution in [1.82, 2.24) is 5.32 Å². The minimum absolute atomic E-state index is 0.215. The summed E-state index contributed by atoms with van der Waals surface area (Å²) in [5.74, 6) is 1.83. The highest BCUT2D eigenvalue weighted by atomic mass is 16.5. The summed E-state index contributed by atoms with van der Waals surface area (Å²) in [4.78, 5) is 0. The molecule has 3 heteroatoms. The molecule has 0 aromatic heterocycles. The fourth-order valence-corrected chi connectivity index (χ4v) is 2.55. The lowest BCUT2D eigenvalue weighted by molar-refractivity contribution is 0.243. The number of ether oxygens (including phenoxy) is 1. The summed E-state index contributed by atoms with van der Waals surface area (Å²) in [7, 11) is 0. The van der Waals surface area contributed by atoms with E-state index in [9.17, 15) is 0 Å². The number of hydrogen-bond donors (Lipinski definition) is 2. The van der Waals surface area contributed by atoms with E-state index in [4.69, 9.17) is 4.74 Å². The third-order valence-electron chi connectivity index (χ3n) is 3.58. The maximum Gasteiger partial charge on any atom is 0.142 e. The van der Waals surface area contributed by atoms with E-state index in [1.807, 2.05) is 12.1 Å². The molecule has 0 amide bonds. The summed E-state index contributed by atoms with van der Waals surface area (Å²) in [6, 6.07) is 8.21. The molecule has 0 unspecified atom stereocenters. The largest absolute Gasteiger partial charge is 0.489 e. The summed E-state index contributed by atoms with van der Waals surface area (Å²) in [6.07, 6.45) is 4.09. The molecule has 1 aromatic carbocycles. The van der Waals surface area contributed by atoms with Gasteiger partial charge in [0, 0.05) is 6.54 Å². The van der Waals surface area contributed by atoms with Gasteiger partial charge in [0.2, 0.25) is 0 Å². The van der Waals surface area contributed by atoms with Gasteiger partial charge in [-0.3, -0.25) is 0 Å². The van der Waals surface area contributed by atoms with Crippen molar-refractivity contribution < 1.29 is 4.74 Å². The second-order valence-corrected chi connectivity index (χ2v) is 5.57. The van der Waals surface area contributed by atoms with E-state index in [1.54, 1.807) is 0 Å². The lowest BCUT2D eigenvalue weighted by Crippen LogP contribution is -2.28. The third-order valence-corrected chi connectivity index (χ3v) is 3.58. The van der Waals surface area contributed by atoms with Crippen LogP contribution in [0.1, 0.15) is 33.1 Å². The molecule has 1 aliphatic heterocycles. The van der Waals surface area contributed by atoms with Crippen molar-refractivity contribution in [3.05, 3.63) is 24.3 Å². The Morgan fingerprint density at radius 1 is 1.26 bits per heavy atom. The summed E-state index contributed by atoms with van der Waals surface area (Å²) in [6.45, 7) is 7.51. The van der Waals surface area contributed by atoms with Crippen LogP contribution in [0.2, 0.25) is 0 Å². The Labute approximate surface area is 116 Å². The Balaban J connectivity index is 1.81. The first kappa shape index (κ1) is 14.2. The van der Waals surface area contributed by atoms with Crippen LogP contribution in [-0.2, 0) is 0 Å². The van der Waals surface area contributed by atoms with Gasteiger partial charge in [-0.25, -0.2) is 0 Å². The number of para-hydroxylation sites is 2. The van der Waals surface area contributed by atoms with Gasteiger partial charge in [-0.2, -0.15) is 0 Å². The zero-order chi connectivity index (χ0) is 13.5. The molecular formula is C16H26N2O. The third kappa shape index (κ3) is 4.75. The molecule has 0 bridgehead atoms. The average Bonchev–Trinajstić information content (AvgIpc) is 2.41. The molecule has 3 nitrogen and oxygen atoms in total. The number of nitrogens with one attached hydrogen (secondary N) is 2. The topological polar surface area (TPSA) is 33.3 Å². The zero-order valence-electron chi connectivity index (χ0n) is 12.1. The molecule has 0 atom stereocenters. The van der Waals surface area contributed by atoms with Crippen LogP contribution in [0, 0.1) is 5.92 Å². The second kappa shape index (κ2) is 7.39. The van der Waals surface area contributed by atoms with E-state index in [1.165, 1.54) is 32.4 Å². The number of rotatable bonds is 6. The van der Waals surface area contributed by atoms with Gasteiger partial charge in [0.25, 0.3) is 0 Å². The van der Waals surface area contributed by atoms with Crippen molar-refractivity contribution in [1.29, 1.82) is 0 Å². The summed E-state index contributed by atoms with van der Waals surface area (Å²) in [5, 5.41) is 6.93. The van der Waals surface area contributed by atoms with Crippen LogP contribution >= 0.6 is 0 Å². The Kier molecular flexibility index (Phi) is 5.52. The van der Waals surface area contributed by atoms with Crippen LogP contribution < -0.4 is 15.4 Å². The highest BCUT2D eigenvalue weighted by Gasteiger charge is 2.12. The minimum atomic E-state index is 0.215. The molecule has 0 aliphatic carbocycles. The van der Waals surface area contributed by atoms with Crippen molar-refractivity contribution >= 4 is 5.69 Å². The number of piperidine rings is 1. The van der Waals surface area contributed by atoms with Crippen LogP contribution in [0.25, 0.3) is 0 Å². The quantitative estimate of drug-likeness (QED) is 0.825. The molecule has 1 heterocycles. The molecule has 1 saturated heterocycles. The Bertz CT molecular complexity index is 373. The van der Waals surface area contributed by atoms with Crippen molar-refractivity contribution in [2.45, 2.75) is 39.2 Å². The molecular weight excluding hydrogens is 236 g/mol. The molecule has 19 heavy (non-hydrogen) atoms. The average molecular weight is 262 g/mol. The van der Waals surface area contributed by atoms with Crippen molar-refractivity contribution in [2.75, 3.05) is 25.0 Å². The van der Waals surface area contributed by atoms with Gasteiger partial charge in [-0.15, -0.1) is 0 Å². The fourth-order valence-electron chi connectivity index (χ4n) is 2.55. The zero-order valence-corrected chi connectivity index (χ0v) is 12.1. The number of anilines is 1. The van der Waals surface area contributed by atoms with Crippen molar-refractivity contribution in [3.63, 3.8) is 0 Å². The maximum absolute atomic E-state index is 5.82. The molecule has 1 aromatic rings. The van der Waals surface area contributed by atoms with Crippen molar-refractivity contribution in [2.24, 2.45) is 5.92 Å². The SMILES string of the molecule is CC(C)Oc1ccccc1NCCC1CCNCC1. The van der Waals surface area contributed by atoms with Gasteiger partial charge in [0.05, 0.1) is 11.8 Å². The smallest absolute Gasteiger partial charge is 0.142 e. The first-order chi connectivity index (χ1) is 9.25. The summed E-state index contributed by atoms with van der Waals surface area (Å²) >= 11 is 0. The van der Waals surface area contributed by atoms with Crippen LogP contribution in [0.15, 0.2) is 24.3 Å². The molecule has 1 aliphatic rings. The monoisotopic (exact) mass is 262 g/mol. The maximum atomic E-state index is 5.82. The van der Waals surface area contributed by atoms with Gasteiger partial charge in [-0.1, -0.05) is 12.1 Å². The number of hydrogen-bond acceptors (Lipinski definition) is 3. The van der Waals surface area contributed by atoms with E-state index in [0.29, 0.717) is 0 Å². The van der Waals surface area contributed by atoms with E-state index >= 15 is 0 Å². The van der Waals surface area contributed by atoms with E-state index in [2.05, 4.69) is 36.6 Å². The first-order valence-corrected chi connectivity index (χ1v) is 7.46. The normalized spacial score (nSPS) is 16.6. The predicted octanol–water partition coefficient (Wildman–Crippen LogP) is 3.28. The Morgan fingerprint density at radius 2 is 2.00 bits per heavy atom. The van der Waals surface area contributed by atoms with Crippen LogP contribution in [-0.4, -0.2) is 25.7 Å². The molecule has 0 radical (unpaired) electrons. The first-order valence-electron chi connectivity index (χ1n) is 7.46. The van der Waals surface area contributed by atoms with Gasteiger partial charge in [0.1, 0.15) is 5.75 Å². The second-order valence-electron chi connectivity index (χ2n) is 5.57. The summed E-state index contributed by atoms with van der Waals surface area (Å²) < 4.78 is 5.82. The van der Waals surface area contributed by atoms with Gasteiger partial charge in [-0.05, 0) is 64.3 Å². The summed E-state index contributed by atoms with van der Waals surface area (Å²) in [5.41, 5.74) is 1.12. The lowest BCUT2D eigenvalue weighted by atomic mass is 9.95. The van der Waals surface area contributed by atoms with E-state index in [-0.39, 0.29) is 6.10 Å². The van der Waals surface area contributed by atoms with Crippen molar-refractivity contribution in [3.8, 4) is 5.75 Å². The minimum Gasteiger partial charge on any atom is -0.489 e. The Hall–Kier alpha value is -1.22. The fraction of sp³-hybridized carbons (Fsp3) is 0.625. The standard InChI is InChI=1S/C16H26N2O/c1-13(2)19-16-6-4-3-5-15(16)18-12-9-14-7-10-17-11-8-14/h3-6,13-14,17-18H,7-12H2,1-2H3. The van der Waals surface area contributed by atoms with Gasteiger partial charge in [0.15, 0.2) is 0 Å². The van der Waals surface area contributed by atoms with Crippen LogP contribution in [0.5, 0.6) is 5.75 Å². The molecule has 0 saturated carbocycles. The van der Waals surface area contributed by atoms with Crippen LogP contribution in [0.4, 0.5) is 5.69 Å². The number of benzene rings is 1. The van der Waals surface area contributed by atoms with Gasteiger partial charge < -0.3 is 15.4 Å². The molecule has 106 valence electrons. The predicted molar refractivity (Wildman–Crippen MR) is 80.9 cm³/mol. The van der Waals surface area contributed by atoms with E-state index in [0.717, 1.165) is 23.9 Å². The lowest BCUT2D eigenvalue weighted by Gasteiger charge is -2.23. The van der Waals surface area contributed by atoms with Gasteiger partial charge >= 0.3 is 0 Å². The Morgan fingerprint density at radius 3 is 2.74 bits per heavy atom. The van der Waals surface area contributed by atoms with E-state index < -0.39 is 0 Å². The highest BCUT2D eigenvalue weighted by Crippen LogP contribution is 2.25. The highest BCUT2D eigenvalue weighted by molar-refractivity contribution is 5.56. The molecule has 1 fully saturated rings. The molecule has 0 spiro atoms. The molecule has 2 rings (SSSR count). The molecule has 2 N–H and O–H groups in total.